The number of methoxy groups -OCH3 is 1. The summed E-state index contributed by atoms with van der Waals surface area (Å²) in [5.74, 6) is -0.0503. The molecule has 0 unspecified atom stereocenters. The lowest BCUT2D eigenvalue weighted by Crippen LogP contribution is -2.41. The Morgan fingerprint density at radius 3 is 2.69 bits per heavy atom. The van der Waals surface area contributed by atoms with Gasteiger partial charge in [0.1, 0.15) is 11.0 Å². The Morgan fingerprint density at radius 2 is 1.97 bits per heavy atom. The number of ether oxygens (including phenoxy) is 1. The summed E-state index contributed by atoms with van der Waals surface area (Å²) in [5.41, 5.74) is 2.06. The van der Waals surface area contributed by atoms with Crippen molar-refractivity contribution in [3.05, 3.63) is 59.1 Å². The molecule has 2 amide bonds. The van der Waals surface area contributed by atoms with Crippen LogP contribution in [0.5, 0.6) is 5.75 Å². The average Bonchev–Trinajstić information content (AvgIpc) is 2.72. The number of nitrogens with zero attached hydrogens (tertiary/aromatic N) is 2. The molecule has 0 aliphatic carbocycles. The summed E-state index contributed by atoms with van der Waals surface area (Å²) in [6.07, 6.45) is 0.0462. The number of para-hydroxylation sites is 2. The molecule has 2 aromatic rings. The van der Waals surface area contributed by atoms with Crippen LogP contribution in [0, 0.1) is 0 Å². The molecule has 7 nitrogen and oxygen atoms in total. The summed E-state index contributed by atoms with van der Waals surface area (Å²) in [7, 11) is 1.53. The number of amidine groups is 1. The molecular weight excluding hydrogens is 412 g/mol. The lowest BCUT2D eigenvalue weighted by atomic mass is 10.1. The Bertz CT molecular complexity index is 976. The fourth-order valence-corrected chi connectivity index (χ4v) is 3.63. The highest BCUT2D eigenvalue weighted by atomic mass is 35.5. The first-order valence-electron chi connectivity index (χ1n) is 8.75. The van der Waals surface area contributed by atoms with Crippen LogP contribution in [-0.2, 0) is 9.59 Å². The van der Waals surface area contributed by atoms with Gasteiger partial charge in [-0.05, 0) is 36.8 Å². The molecule has 1 atom stereocenters. The molecule has 0 aromatic heterocycles. The number of rotatable bonds is 5. The highest BCUT2D eigenvalue weighted by Gasteiger charge is 2.30. The minimum Gasteiger partial charge on any atom is -0.495 e. The van der Waals surface area contributed by atoms with Crippen LogP contribution in [0.15, 0.2) is 58.7 Å². The van der Waals surface area contributed by atoms with Gasteiger partial charge in [0.25, 0.3) is 0 Å². The van der Waals surface area contributed by atoms with Crippen LogP contribution >= 0.6 is 23.4 Å². The maximum absolute atomic E-state index is 12.6. The molecule has 2 N–H and O–H groups in total. The van der Waals surface area contributed by atoms with Crippen LogP contribution in [0.3, 0.4) is 0 Å². The van der Waals surface area contributed by atoms with Gasteiger partial charge >= 0.3 is 0 Å². The molecule has 1 fully saturated rings. The lowest BCUT2D eigenvalue weighted by Gasteiger charge is -2.22. The zero-order chi connectivity index (χ0) is 20.8. The number of halogens is 1. The van der Waals surface area contributed by atoms with E-state index in [-0.39, 0.29) is 23.4 Å². The third-order valence-corrected chi connectivity index (χ3v) is 5.41. The molecule has 1 aliphatic rings. The molecule has 150 valence electrons. The molecule has 29 heavy (non-hydrogen) atoms. The second-order valence-corrected chi connectivity index (χ2v) is 7.77. The third kappa shape index (κ3) is 5.58. The Hall–Kier alpha value is -2.84. The molecule has 9 heteroatoms. The van der Waals surface area contributed by atoms with E-state index in [1.807, 2.05) is 18.2 Å². The molecule has 0 spiro atoms. The number of nitrogens with one attached hydrogen (secondary N) is 2. The maximum atomic E-state index is 12.6. The van der Waals surface area contributed by atoms with E-state index in [1.165, 1.54) is 7.11 Å². The average molecular weight is 431 g/mol. The Labute approximate surface area is 177 Å². The van der Waals surface area contributed by atoms with Crippen molar-refractivity contribution < 1.29 is 14.3 Å². The number of carbonyl (C=O) groups is 2. The van der Waals surface area contributed by atoms with Crippen molar-refractivity contribution in [3.63, 3.8) is 0 Å². The number of anilines is 1. The number of hydrogen-bond donors (Lipinski definition) is 2. The van der Waals surface area contributed by atoms with Crippen LogP contribution in [-0.4, -0.2) is 35.1 Å². The lowest BCUT2D eigenvalue weighted by molar-refractivity contribution is -0.123. The highest BCUT2D eigenvalue weighted by molar-refractivity contribution is 8.15. The normalized spacial score (nSPS) is 18.3. The number of benzene rings is 2. The van der Waals surface area contributed by atoms with Gasteiger partial charge in [-0.2, -0.15) is 5.10 Å². The van der Waals surface area contributed by atoms with Crippen molar-refractivity contribution in [2.75, 3.05) is 12.4 Å². The molecule has 2 aromatic carbocycles. The number of hydrogen-bond acceptors (Lipinski definition) is 6. The molecule has 1 heterocycles. The minimum atomic E-state index is -0.626. The predicted molar refractivity (Wildman–Crippen MR) is 117 cm³/mol. The zero-order valence-electron chi connectivity index (χ0n) is 15.8. The molecule has 3 rings (SSSR count). The first kappa shape index (κ1) is 20.9. The summed E-state index contributed by atoms with van der Waals surface area (Å²) in [6, 6.07) is 14.3. The van der Waals surface area contributed by atoms with Gasteiger partial charge in [-0.3, -0.25) is 9.59 Å². The first-order valence-corrected chi connectivity index (χ1v) is 10.0. The van der Waals surface area contributed by atoms with Crippen molar-refractivity contribution in [2.45, 2.75) is 18.6 Å². The van der Waals surface area contributed by atoms with E-state index in [9.17, 15) is 9.59 Å². The summed E-state index contributed by atoms with van der Waals surface area (Å²) in [5, 5.41) is 14.0. The van der Waals surface area contributed by atoms with Gasteiger partial charge in [0, 0.05) is 11.4 Å². The van der Waals surface area contributed by atoms with Gasteiger partial charge < -0.3 is 15.4 Å². The molecule has 0 radical (unpaired) electrons. The summed E-state index contributed by atoms with van der Waals surface area (Å²) in [6.45, 7) is 1.80. The smallest absolute Gasteiger partial charge is 0.238 e. The SMILES string of the molecule is COc1ccccc1NC(=O)[C@H]1CC(=O)N/C(=N/N=C(\C)c2ccc(Cl)cc2)S1. The number of thioether (sulfide) groups is 1. The van der Waals surface area contributed by atoms with Gasteiger partial charge in [0.2, 0.25) is 11.8 Å². The van der Waals surface area contributed by atoms with Crippen LogP contribution in [0.25, 0.3) is 0 Å². The zero-order valence-corrected chi connectivity index (χ0v) is 17.4. The highest BCUT2D eigenvalue weighted by Crippen LogP contribution is 2.27. The van der Waals surface area contributed by atoms with Gasteiger partial charge in [-0.1, -0.05) is 47.6 Å². The quantitative estimate of drug-likeness (QED) is 0.559. The van der Waals surface area contributed by atoms with Crippen LogP contribution in [0.4, 0.5) is 5.69 Å². The first-order chi connectivity index (χ1) is 14.0. The fourth-order valence-electron chi connectivity index (χ4n) is 2.57. The van der Waals surface area contributed by atoms with Gasteiger partial charge in [-0.25, -0.2) is 0 Å². The van der Waals surface area contributed by atoms with E-state index in [4.69, 9.17) is 16.3 Å². The summed E-state index contributed by atoms with van der Waals surface area (Å²) in [4.78, 5) is 24.7. The van der Waals surface area contributed by atoms with Crippen molar-refractivity contribution in [3.8, 4) is 5.75 Å². The van der Waals surface area contributed by atoms with Crippen molar-refractivity contribution in [2.24, 2.45) is 10.2 Å². The second-order valence-electron chi connectivity index (χ2n) is 6.15. The largest absolute Gasteiger partial charge is 0.495 e. The van der Waals surface area contributed by atoms with Crippen molar-refractivity contribution in [1.29, 1.82) is 0 Å². The molecule has 1 aliphatic heterocycles. The topological polar surface area (TPSA) is 92.1 Å². The molecule has 0 bridgehead atoms. The van der Waals surface area contributed by atoms with Crippen LogP contribution in [0.1, 0.15) is 18.9 Å². The summed E-state index contributed by atoms with van der Waals surface area (Å²) >= 11 is 7.04. The van der Waals surface area contributed by atoms with Crippen LogP contribution in [0.2, 0.25) is 5.02 Å². The van der Waals surface area contributed by atoms with Crippen molar-refractivity contribution >= 4 is 51.7 Å². The van der Waals surface area contributed by atoms with Gasteiger partial charge in [0.15, 0.2) is 5.17 Å². The van der Waals surface area contributed by atoms with E-state index < -0.39 is 5.25 Å². The second kappa shape index (κ2) is 9.58. The van der Waals surface area contributed by atoms with E-state index in [1.54, 1.807) is 37.3 Å². The van der Waals surface area contributed by atoms with E-state index in [0.717, 1.165) is 17.3 Å². The standard InChI is InChI=1S/C20H19ClN4O3S/c1-12(13-7-9-14(21)10-8-13)24-25-20-23-18(26)11-17(29-20)19(27)22-15-5-3-4-6-16(15)28-2/h3-10,17H,11H2,1-2H3,(H,22,27)(H,23,25,26)/b24-12+/t17-/m1/s1. The Morgan fingerprint density at radius 1 is 1.24 bits per heavy atom. The van der Waals surface area contributed by atoms with Gasteiger partial charge in [0.05, 0.1) is 18.5 Å². The monoisotopic (exact) mass is 430 g/mol. The Balaban J connectivity index is 1.71. The number of amides is 2. The number of carbonyl (C=O) groups excluding carboxylic acids is 2. The van der Waals surface area contributed by atoms with Gasteiger partial charge in [-0.15, -0.1) is 5.10 Å². The molecular formula is C20H19ClN4O3S. The minimum absolute atomic E-state index is 0.0462. The van der Waals surface area contributed by atoms with Crippen LogP contribution < -0.4 is 15.4 Å². The van der Waals surface area contributed by atoms with Crippen molar-refractivity contribution in [1.82, 2.24) is 5.32 Å². The summed E-state index contributed by atoms with van der Waals surface area (Å²) < 4.78 is 5.24. The third-order valence-electron chi connectivity index (χ3n) is 4.08. The Kier molecular flexibility index (Phi) is 6.90. The maximum Gasteiger partial charge on any atom is 0.238 e. The molecule has 0 saturated carbocycles. The fraction of sp³-hybridized carbons (Fsp3) is 0.200. The predicted octanol–water partition coefficient (Wildman–Crippen LogP) is 3.69. The molecule has 1 saturated heterocycles. The van der Waals surface area contributed by atoms with E-state index in [0.29, 0.717) is 22.2 Å². The van der Waals surface area contributed by atoms with E-state index in [2.05, 4.69) is 20.8 Å². The van der Waals surface area contributed by atoms with E-state index >= 15 is 0 Å².